The van der Waals surface area contributed by atoms with Crippen molar-refractivity contribution in [3.05, 3.63) is 58.4 Å². The highest BCUT2D eigenvalue weighted by Gasteiger charge is 2.20. The van der Waals surface area contributed by atoms with Crippen molar-refractivity contribution >= 4 is 39.3 Å². The minimum Gasteiger partial charge on any atom is -0.461 e. The summed E-state index contributed by atoms with van der Waals surface area (Å²) in [5.74, 6) is 0.806. The Bertz CT molecular complexity index is 882. The number of carbonyl (C=O) groups excluding carboxylic acids is 1. The molecule has 0 radical (unpaired) electrons. The van der Waals surface area contributed by atoms with E-state index < -0.39 is 0 Å². The molecule has 24 heavy (non-hydrogen) atoms. The summed E-state index contributed by atoms with van der Waals surface area (Å²) in [5.41, 5.74) is 1.77. The zero-order chi connectivity index (χ0) is 17.1. The van der Waals surface area contributed by atoms with Crippen LogP contribution in [-0.4, -0.2) is 22.1 Å². The van der Waals surface area contributed by atoms with Crippen LogP contribution in [0.5, 0.6) is 0 Å². The summed E-state index contributed by atoms with van der Waals surface area (Å²) < 4.78 is 6.16. The SMILES string of the molecule is CSc1nc(-c2ccco2)nc(C)c1C(=O)Nc1ccccc1Br. The molecule has 0 aliphatic carbocycles. The zero-order valence-corrected chi connectivity index (χ0v) is 15.4. The minimum absolute atomic E-state index is 0.241. The molecule has 0 bridgehead atoms. The first-order chi connectivity index (χ1) is 11.6. The van der Waals surface area contributed by atoms with E-state index in [-0.39, 0.29) is 5.91 Å². The van der Waals surface area contributed by atoms with Crippen LogP contribution in [0.1, 0.15) is 16.1 Å². The van der Waals surface area contributed by atoms with E-state index in [0.717, 1.165) is 4.47 Å². The molecule has 1 N–H and O–H groups in total. The van der Waals surface area contributed by atoms with Crippen LogP contribution in [-0.2, 0) is 0 Å². The predicted octanol–water partition coefficient (Wildman–Crippen LogP) is 4.78. The number of thioether (sulfide) groups is 1. The lowest BCUT2D eigenvalue weighted by molar-refractivity contribution is 0.102. The van der Waals surface area contributed by atoms with Crippen LogP contribution in [0.2, 0.25) is 0 Å². The number of rotatable bonds is 4. The fraction of sp³-hybridized carbons (Fsp3) is 0.118. The van der Waals surface area contributed by atoms with Crippen LogP contribution in [0.3, 0.4) is 0 Å². The van der Waals surface area contributed by atoms with Gasteiger partial charge in [0.25, 0.3) is 5.91 Å². The predicted molar refractivity (Wildman–Crippen MR) is 98.3 cm³/mol. The van der Waals surface area contributed by atoms with Crippen molar-refractivity contribution in [2.75, 3.05) is 11.6 Å². The Morgan fingerprint density at radius 2 is 2.00 bits per heavy atom. The highest BCUT2D eigenvalue weighted by atomic mass is 79.9. The molecule has 1 amide bonds. The van der Waals surface area contributed by atoms with E-state index in [1.165, 1.54) is 11.8 Å². The summed E-state index contributed by atoms with van der Waals surface area (Å²) in [6, 6.07) is 11.0. The molecule has 5 nitrogen and oxygen atoms in total. The lowest BCUT2D eigenvalue weighted by Gasteiger charge is -2.12. The summed E-state index contributed by atoms with van der Waals surface area (Å²) in [6.45, 7) is 1.79. The van der Waals surface area contributed by atoms with Gasteiger partial charge in [-0.15, -0.1) is 11.8 Å². The van der Waals surface area contributed by atoms with Gasteiger partial charge in [-0.05, 0) is 53.4 Å². The molecule has 0 atom stereocenters. The Balaban J connectivity index is 1.98. The fourth-order valence-electron chi connectivity index (χ4n) is 2.22. The molecule has 0 aliphatic heterocycles. The van der Waals surface area contributed by atoms with Crippen molar-refractivity contribution in [3.63, 3.8) is 0 Å². The smallest absolute Gasteiger partial charge is 0.260 e. The van der Waals surface area contributed by atoms with Gasteiger partial charge < -0.3 is 9.73 Å². The number of halogens is 1. The Morgan fingerprint density at radius 3 is 2.67 bits per heavy atom. The maximum absolute atomic E-state index is 12.7. The van der Waals surface area contributed by atoms with Crippen LogP contribution < -0.4 is 5.32 Å². The summed E-state index contributed by atoms with van der Waals surface area (Å²) in [7, 11) is 0. The lowest BCUT2D eigenvalue weighted by Crippen LogP contribution is -2.17. The van der Waals surface area contributed by atoms with Gasteiger partial charge >= 0.3 is 0 Å². The van der Waals surface area contributed by atoms with Crippen molar-refractivity contribution < 1.29 is 9.21 Å². The lowest BCUT2D eigenvalue weighted by atomic mass is 10.2. The first kappa shape index (κ1) is 16.7. The van der Waals surface area contributed by atoms with Gasteiger partial charge in [0, 0.05) is 4.47 Å². The second-order valence-corrected chi connectivity index (χ2v) is 6.58. The average Bonchev–Trinajstić information content (AvgIpc) is 3.10. The molecule has 3 rings (SSSR count). The van der Waals surface area contributed by atoms with Crippen LogP contribution in [0.25, 0.3) is 11.6 Å². The van der Waals surface area contributed by atoms with Crippen LogP contribution in [0, 0.1) is 6.92 Å². The summed E-state index contributed by atoms with van der Waals surface area (Å²) >= 11 is 4.82. The first-order valence-electron chi connectivity index (χ1n) is 7.12. The highest BCUT2D eigenvalue weighted by Crippen LogP contribution is 2.27. The number of benzene rings is 1. The third-order valence-corrected chi connectivity index (χ3v) is 4.71. The normalized spacial score (nSPS) is 10.6. The molecule has 7 heteroatoms. The Morgan fingerprint density at radius 1 is 1.21 bits per heavy atom. The number of anilines is 1. The monoisotopic (exact) mass is 403 g/mol. The number of nitrogens with one attached hydrogen (secondary N) is 1. The largest absolute Gasteiger partial charge is 0.461 e. The maximum Gasteiger partial charge on any atom is 0.260 e. The highest BCUT2D eigenvalue weighted by molar-refractivity contribution is 9.10. The second-order valence-electron chi connectivity index (χ2n) is 4.93. The van der Waals surface area contributed by atoms with Crippen LogP contribution in [0.4, 0.5) is 5.69 Å². The molecule has 0 aliphatic rings. The van der Waals surface area contributed by atoms with E-state index in [0.29, 0.717) is 33.6 Å². The molecule has 2 heterocycles. The number of hydrogen-bond donors (Lipinski definition) is 1. The number of furan rings is 1. The van der Waals surface area contributed by atoms with E-state index in [4.69, 9.17) is 4.42 Å². The van der Waals surface area contributed by atoms with Gasteiger partial charge in [-0.1, -0.05) is 12.1 Å². The van der Waals surface area contributed by atoms with Crippen molar-refractivity contribution in [1.29, 1.82) is 0 Å². The Labute approximate surface area is 152 Å². The third kappa shape index (κ3) is 3.37. The van der Waals surface area contributed by atoms with Crippen molar-refractivity contribution in [1.82, 2.24) is 9.97 Å². The van der Waals surface area contributed by atoms with Gasteiger partial charge in [0.2, 0.25) is 0 Å². The van der Waals surface area contributed by atoms with Crippen molar-refractivity contribution in [2.24, 2.45) is 0 Å². The topological polar surface area (TPSA) is 68.0 Å². The molecule has 0 saturated heterocycles. The number of para-hydroxylation sites is 1. The Kier molecular flexibility index (Phi) is 5.01. The summed E-state index contributed by atoms with van der Waals surface area (Å²) in [6.07, 6.45) is 3.45. The van der Waals surface area contributed by atoms with Crippen molar-refractivity contribution in [2.45, 2.75) is 11.9 Å². The van der Waals surface area contributed by atoms with Gasteiger partial charge in [0.1, 0.15) is 5.03 Å². The Hall–Kier alpha value is -2.12. The molecule has 1 aromatic carbocycles. The number of amides is 1. The molecular weight excluding hydrogens is 390 g/mol. The fourth-order valence-corrected chi connectivity index (χ4v) is 3.23. The van der Waals surface area contributed by atoms with Gasteiger partial charge in [-0.25, -0.2) is 9.97 Å². The van der Waals surface area contributed by atoms with Crippen LogP contribution >= 0.6 is 27.7 Å². The molecule has 0 saturated carbocycles. The second kappa shape index (κ2) is 7.19. The number of carbonyl (C=O) groups is 1. The van der Waals surface area contributed by atoms with E-state index >= 15 is 0 Å². The number of aryl methyl sites for hydroxylation is 1. The first-order valence-corrected chi connectivity index (χ1v) is 9.14. The van der Waals surface area contributed by atoms with E-state index in [1.807, 2.05) is 30.5 Å². The zero-order valence-electron chi connectivity index (χ0n) is 13.0. The van der Waals surface area contributed by atoms with E-state index in [2.05, 4.69) is 31.2 Å². The molecule has 0 fully saturated rings. The summed E-state index contributed by atoms with van der Waals surface area (Å²) in [5, 5.41) is 3.50. The van der Waals surface area contributed by atoms with Crippen molar-refractivity contribution in [3.8, 4) is 11.6 Å². The average molecular weight is 404 g/mol. The van der Waals surface area contributed by atoms with Gasteiger partial charge in [-0.2, -0.15) is 0 Å². The quantitative estimate of drug-likeness (QED) is 0.501. The van der Waals surface area contributed by atoms with Gasteiger partial charge in [-0.3, -0.25) is 4.79 Å². The number of hydrogen-bond acceptors (Lipinski definition) is 5. The standard InChI is InChI=1S/C17H14BrN3O2S/c1-10-14(16(22)20-12-7-4-3-6-11(12)18)17(24-2)21-15(19-10)13-8-5-9-23-13/h3-9H,1-2H3,(H,20,22). The molecule has 2 aromatic heterocycles. The number of aromatic nitrogens is 2. The maximum atomic E-state index is 12.7. The van der Waals surface area contributed by atoms with E-state index in [1.54, 1.807) is 25.3 Å². The number of nitrogens with zero attached hydrogens (tertiary/aromatic N) is 2. The third-order valence-electron chi connectivity index (χ3n) is 3.34. The van der Waals surface area contributed by atoms with E-state index in [9.17, 15) is 4.79 Å². The molecule has 3 aromatic rings. The molecule has 0 spiro atoms. The minimum atomic E-state index is -0.241. The summed E-state index contributed by atoms with van der Waals surface area (Å²) in [4.78, 5) is 21.6. The molecule has 0 unspecified atom stereocenters. The van der Waals surface area contributed by atoms with Gasteiger partial charge in [0.15, 0.2) is 11.6 Å². The molecule has 122 valence electrons. The van der Waals surface area contributed by atoms with Gasteiger partial charge in [0.05, 0.1) is 23.2 Å². The molecular formula is C17H14BrN3O2S. The van der Waals surface area contributed by atoms with Crippen LogP contribution in [0.15, 0.2) is 56.6 Å².